The Morgan fingerprint density at radius 2 is 2.00 bits per heavy atom. The van der Waals surface area contributed by atoms with Gasteiger partial charge in [-0.15, -0.1) is 0 Å². The van der Waals surface area contributed by atoms with Gasteiger partial charge >= 0.3 is 6.03 Å². The maximum Gasteiger partial charge on any atom is 0.317 e. The number of hydrogen-bond donors (Lipinski definition) is 2. The van der Waals surface area contributed by atoms with Gasteiger partial charge in [0.25, 0.3) is 6.43 Å². The van der Waals surface area contributed by atoms with Gasteiger partial charge in [0.15, 0.2) is 0 Å². The highest BCUT2D eigenvalue weighted by atomic mass is 19.3. The number of rotatable bonds is 6. The Morgan fingerprint density at radius 3 is 2.41 bits per heavy atom. The number of aliphatic hydroxyl groups excluding tert-OH is 1. The zero-order chi connectivity index (χ0) is 13.6. The number of nitrogens with one attached hydrogen (secondary N) is 1. The number of halogens is 2. The largest absolute Gasteiger partial charge is 0.393 e. The summed E-state index contributed by atoms with van der Waals surface area (Å²) in [5.74, 6) is 0. The summed E-state index contributed by atoms with van der Waals surface area (Å²) < 4.78 is 24.1. The first-order valence-corrected chi connectivity index (χ1v) is 5.59. The molecule has 0 spiro atoms. The average molecular weight is 252 g/mol. The Kier molecular flexibility index (Phi) is 6.37. The summed E-state index contributed by atoms with van der Waals surface area (Å²) in [4.78, 5) is 12.4. The average Bonchev–Trinajstić information content (AvgIpc) is 2.11. The number of urea groups is 1. The summed E-state index contributed by atoms with van der Waals surface area (Å²) in [5.41, 5.74) is -0.268. The lowest BCUT2D eigenvalue weighted by Gasteiger charge is -2.27. The minimum absolute atomic E-state index is 0.268. The summed E-state index contributed by atoms with van der Waals surface area (Å²) in [6, 6.07) is -0.524. The second-order valence-electron chi connectivity index (χ2n) is 5.15. The van der Waals surface area contributed by atoms with Crippen molar-refractivity contribution in [3.05, 3.63) is 0 Å². The van der Waals surface area contributed by atoms with Crippen LogP contribution in [0.4, 0.5) is 13.6 Å². The zero-order valence-corrected chi connectivity index (χ0v) is 10.8. The highest BCUT2D eigenvalue weighted by Crippen LogP contribution is 2.21. The van der Waals surface area contributed by atoms with Crippen LogP contribution >= 0.6 is 0 Å². The number of hydrogen-bond acceptors (Lipinski definition) is 2. The molecule has 0 bridgehead atoms. The molecule has 0 aliphatic carbocycles. The van der Waals surface area contributed by atoms with Gasteiger partial charge in [-0.3, -0.25) is 0 Å². The smallest absolute Gasteiger partial charge is 0.317 e. The summed E-state index contributed by atoms with van der Waals surface area (Å²) in [6.07, 6.45) is -2.46. The second kappa shape index (κ2) is 6.74. The van der Waals surface area contributed by atoms with Crippen LogP contribution in [0.3, 0.4) is 0 Å². The third kappa shape index (κ3) is 7.90. The molecule has 1 unspecified atom stereocenters. The Hall–Kier alpha value is -0.910. The van der Waals surface area contributed by atoms with E-state index in [0.717, 1.165) is 4.90 Å². The quantitative estimate of drug-likeness (QED) is 0.756. The fourth-order valence-electron chi connectivity index (χ4n) is 1.61. The molecule has 0 radical (unpaired) electrons. The number of aliphatic hydroxyl groups is 1. The zero-order valence-electron chi connectivity index (χ0n) is 10.8. The van der Waals surface area contributed by atoms with Gasteiger partial charge in [-0.25, -0.2) is 13.6 Å². The van der Waals surface area contributed by atoms with Crippen molar-refractivity contribution in [1.82, 2.24) is 10.2 Å². The van der Waals surface area contributed by atoms with Gasteiger partial charge in [-0.05, 0) is 18.8 Å². The molecule has 0 saturated heterocycles. The molecule has 0 saturated carbocycles. The third-order valence-corrected chi connectivity index (χ3v) is 2.32. The van der Waals surface area contributed by atoms with E-state index in [4.69, 9.17) is 0 Å². The SMILES string of the molecule is CC(O)CC(C)(C)CNC(=O)N(C)CC(F)F. The molecule has 1 atom stereocenters. The molecule has 2 amide bonds. The third-order valence-electron chi connectivity index (χ3n) is 2.32. The summed E-state index contributed by atoms with van der Waals surface area (Å²) in [5, 5.41) is 11.8. The minimum atomic E-state index is -2.53. The van der Waals surface area contributed by atoms with E-state index in [1.165, 1.54) is 7.05 Å². The van der Waals surface area contributed by atoms with Crippen molar-refractivity contribution < 1.29 is 18.7 Å². The lowest BCUT2D eigenvalue weighted by Crippen LogP contribution is -2.43. The van der Waals surface area contributed by atoms with E-state index in [2.05, 4.69) is 5.32 Å². The number of carbonyl (C=O) groups is 1. The van der Waals surface area contributed by atoms with E-state index in [9.17, 15) is 18.7 Å². The first-order chi connectivity index (χ1) is 7.64. The molecule has 102 valence electrons. The van der Waals surface area contributed by atoms with Crippen molar-refractivity contribution >= 4 is 6.03 Å². The minimum Gasteiger partial charge on any atom is -0.393 e. The maximum atomic E-state index is 12.0. The molecular formula is C11H22F2N2O2. The summed E-state index contributed by atoms with van der Waals surface area (Å²) >= 11 is 0. The van der Waals surface area contributed by atoms with E-state index >= 15 is 0 Å². The van der Waals surface area contributed by atoms with Gasteiger partial charge in [0.2, 0.25) is 0 Å². The highest BCUT2D eigenvalue weighted by Gasteiger charge is 2.22. The predicted octanol–water partition coefficient (Wildman–Crippen LogP) is 1.69. The van der Waals surface area contributed by atoms with Crippen molar-refractivity contribution in [1.29, 1.82) is 0 Å². The molecule has 0 aromatic heterocycles. The topological polar surface area (TPSA) is 52.6 Å². The molecular weight excluding hydrogens is 230 g/mol. The molecule has 6 heteroatoms. The van der Waals surface area contributed by atoms with Gasteiger partial charge in [0, 0.05) is 13.6 Å². The Bertz CT molecular complexity index is 246. The molecule has 0 heterocycles. The van der Waals surface area contributed by atoms with Crippen LogP contribution in [0.1, 0.15) is 27.2 Å². The Morgan fingerprint density at radius 1 is 1.47 bits per heavy atom. The van der Waals surface area contributed by atoms with Crippen LogP contribution in [0.2, 0.25) is 0 Å². The fraction of sp³-hybridized carbons (Fsp3) is 0.909. The number of alkyl halides is 2. The van der Waals surface area contributed by atoms with Crippen LogP contribution in [-0.4, -0.2) is 48.7 Å². The highest BCUT2D eigenvalue weighted by molar-refractivity contribution is 5.73. The molecule has 0 aliphatic rings. The molecule has 0 aliphatic heterocycles. The second-order valence-corrected chi connectivity index (χ2v) is 5.15. The van der Waals surface area contributed by atoms with Gasteiger partial charge in [-0.1, -0.05) is 13.8 Å². The van der Waals surface area contributed by atoms with Crippen LogP contribution in [-0.2, 0) is 0 Å². The lowest BCUT2D eigenvalue weighted by atomic mass is 9.87. The number of nitrogens with zero attached hydrogens (tertiary/aromatic N) is 1. The van der Waals surface area contributed by atoms with Crippen molar-refractivity contribution in [2.24, 2.45) is 5.41 Å². The standard InChI is InChI=1S/C11H22F2N2O2/c1-8(16)5-11(2,3)7-14-10(17)15(4)6-9(12)13/h8-9,16H,5-7H2,1-4H3,(H,14,17). The maximum absolute atomic E-state index is 12.0. The molecule has 17 heavy (non-hydrogen) atoms. The van der Waals surface area contributed by atoms with Crippen LogP contribution in [0, 0.1) is 5.41 Å². The summed E-state index contributed by atoms with van der Waals surface area (Å²) in [7, 11) is 1.32. The predicted molar refractivity (Wildman–Crippen MR) is 62.1 cm³/mol. The molecule has 4 nitrogen and oxygen atoms in total. The van der Waals surface area contributed by atoms with E-state index in [1.807, 2.05) is 13.8 Å². The molecule has 2 N–H and O–H groups in total. The van der Waals surface area contributed by atoms with Gasteiger partial charge in [0.05, 0.1) is 12.6 Å². The van der Waals surface area contributed by atoms with Crippen molar-refractivity contribution in [2.45, 2.75) is 39.7 Å². The number of amides is 2. The Labute approximate surface area is 101 Å². The van der Waals surface area contributed by atoms with Crippen LogP contribution in [0.25, 0.3) is 0 Å². The fourth-order valence-corrected chi connectivity index (χ4v) is 1.61. The van der Waals surface area contributed by atoms with Gasteiger partial charge in [-0.2, -0.15) is 0 Å². The molecule has 0 aromatic rings. The molecule has 0 aromatic carbocycles. The van der Waals surface area contributed by atoms with E-state index in [1.54, 1.807) is 6.92 Å². The van der Waals surface area contributed by atoms with Crippen molar-refractivity contribution in [2.75, 3.05) is 20.1 Å². The normalized spacial score (nSPS) is 13.6. The van der Waals surface area contributed by atoms with E-state index < -0.39 is 25.1 Å². The molecule has 0 fully saturated rings. The summed E-state index contributed by atoms with van der Waals surface area (Å²) in [6.45, 7) is 5.22. The van der Waals surface area contributed by atoms with Crippen molar-refractivity contribution in [3.8, 4) is 0 Å². The van der Waals surface area contributed by atoms with E-state index in [-0.39, 0.29) is 5.41 Å². The van der Waals surface area contributed by atoms with Gasteiger partial charge in [0.1, 0.15) is 0 Å². The lowest BCUT2D eigenvalue weighted by molar-refractivity contribution is 0.104. The van der Waals surface area contributed by atoms with Crippen LogP contribution in [0.5, 0.6) is 0 Å². The molecule has 0 rings (SSSR count). The van der Waals surface area contributed by atoms with Crippen LogP contribution in [0.15, 0.2) is 0 Å². The van der Waals surface area contributed by atoms with Crippen molar-refractivity contribution in [3.63, 3.8) is 0 Å². The van der Waals surface area contributed by atoms with E-state index in [0.29, 0.717) is 13.0 Å². The number of carbonyl (C=O) groups excluding carboxylic acids is 1. The Balaban J connectivity index is 4.06. The monoisotopic (exact) mass is 252 g/mol. The van der Waals surface area contributed by atoms with Crippen LogP contribution < -0.4 is 5.32 Å². The first kappa shape index (κ1) is 16.1. The first-order valence-electron chi connectivity index (χ1n) is 5.59. The van der Waals surface area contributed by atoms with Gasteiger partial charge < -0.3 is 15.3 Å².